The second-order valence-electron chi connectivity index (χ2n) is 11.6. The van der Waals surface area contributed by atoms with Gasteiger partial charge in [0, 0.05) is 6.42 Å². The summed E-state index contributed by atoms with van der Waals surface area (Å²) in [4.78, 5) is 99.8. The molecule has 0 rings (SSSR count). The van der Waals surface area contributed by atoms with Gasteiger partial charge in [-0.25, -0.2) is 4.79 Å². The molecule has 0 saturated heterocycles. The van der Waals surface area contributed by atoms with Crippen LogP contribution in [0.4, 0.5) is 0 Å². The maximum absolute atomic E-state index is 13.4. The number of aliphatic carboxylic acids is 1. The van der Waals surface area contributed by atoms with Crippen LogP contribution in [0.3, 0.4) is 0 Å². The van der Waals surface area contributed by atoms with E-state index in [9.17, 15) is 43.5 Å². The summed E-state index contributed by atoms with van der Waals surface area (Å²) in [5, 5.41) is 33.0. The summed E-state index contributed by atoms with van der Waals surface area (Å²) in [5.74, 6) is -6.70. The Morgan fingerprint density at radius 1 is 0.735 bits per heavy atom. The van der Waals surface area contributed by atoms with Crippen LogP contribution in [0.1, 0.15) is 59.3 Å². The Hall–Kier alpha value is -4.01. The number of aliphatic hydroxyl groups is 1. The molecule has 0 radical (unpaired) electrons. The molecule has 0 fully saturated rings. The first kappa shape index (κ1) is 45.0. The zero-order chi connectivity index (χ0) is 37.7. The summed E-state index contributed by atoms with van der Waals surface area (Å²) in [6.07, 6.45) is 2.39. The molecule has 0 aromatic carbocycles. The standard InChI is InChI=1S/C29H53N9O10S/c1-15(2)23(29(47)48)38-22(41)13-33-26(44)19(8-9-21(32)40)37-28(46)18(7-5-6-11-30)35-24(42)16(3)34-27(45)20(10-12-49-4)36-25(43)17(31)14-39/h15-20,23,39H,5-14,30-31H2,1-4H3,(H2,32,40)(H,33,44)(H,34,45)(H,35,42)(H,36,43)(H,37,46)(H,38,41)(H,47,48)/t16-,17-,18-,19-,20-,23-/m0/s1. The largest absolute Gasteiger partial charge is 0.480 e. The predicted molar refractivity (Wildman–Crippen MR) is 180 cm³/mol. The van der Waals surface area contributed by atoms with Gasteiger partial charge in [0.2, 0.25) is 41.4 Å². The van der Waals surface area contributed by atoms with Crippen molar-refractivity contribution in [3.05, 3.63) is 0 Å². The van der Waals surface area contributed by atoms with E-state index in [2.05, 4.69) is 31.9 Å². The number of nitrogens with one attached hydrogen (secondary N) is 6. The molecular formula is C29H53N9O10S. The number of carbonyl (C=O) groups excluding carboxylic acids is 7. The van der Waals surface area contributed by atoms with Crippen LogP contribution in [0, 0.1) is 5.92 Å². The van der Waals surface area contributed by atoms with Gasteiger partial charge in [-0.1, -0.05) is 13.8 Å². The van der Waals surface area contributed by atoms with Crippen molar-refractivity contribution in [3.8, 4) is 0 Å². The Balaban J connectivity index is 5.74. The van der Waals surface area contributed by atoms with E-state index in [1.165, 1.54) is 18.7 Å². The lowest BCUT2D eigenvalue weighted by Gasteiger charge is -2.25. The molecule has 0 aliphatic rings. The van der Waals surface area contributed by atoms with E-state index < -0.39 is 103 Å². The number of nitrogens with two attached hydrogens (primary N) is 3. The topological polar surface area (TPSA) is 327 Å². The molecule has 0 bridgehead atoms. The molecule has 0 unspecified atom stereocenters. The van der Waals surface area contributed by atoms with E-state index in [4.69, 9.17) is 22.3 Å². The van der Waals surface area contributed by atoms with Crippen molar-refractivity contribution in [1.29, 1.82) is 0 Å². The first-order valence-electron chi connectivity index (χ1n) is 15.8. The number of amides is 7. The third-order valence-electron chi connectivity index (χ3n) is 7.09. The molecular weight excluding hydrogens is 666 g/mol. The molecule has 280 valence electrons. The van der Waals surface area contributed by atoms with Crippen molar-refractivity contribution in [2.75, 3.05) is 31.7 Å². The fourth-order valence-electron chi connectivity index (χ4n) is 4.16. The van der Waals surface area contributed by atoms with Crippen molar-refractivity contribution < 1.29 is 48.6 Å². The molecule has 0 saturated carbocycles. The lowest BCUT2D eigenvalue weighted by atomic mass is 10.0. The number of unbranched alkanes of at least 4 members (excludes halogenated alkanes) is 1. The smallest absolute Gasteiger partial charge is 0.326 e. The summed E-state index contributed by atoms with van der Waals surface area (Å²) in [6.45, 7) is 3.56. The van der Waals surface area contributed by atoms with E-state index in [1.807, 2.05) is 0 Å². The SMILES string of the molecule is CSCC[C@H](NC(=O)[C@@H](N)CO)C(=O)N[C@@H](C)C(=O)N[C@@H](CCCCN)C(=O)N[C@@H](CCC(N)=O)C(=O)NCC(=O)N[C@H](C(=O)O)C(C)C. The number of carboxylic acids is 1. The number of carbonyl (C=O) groups is 8. The molecule has 0 spiro atoms. The van der Waals surface area contributed by atoms with Gasteiger partial charge in [-0.05, 0) is 63.5 Å². The van der Waals surface area contributed by atoms with Crippen LogP contribution in [0.5, 0.6) is 0 Å². The Bertz CT molecular complexity index is 1140. The number of aliphatic hydroxyl groups excluding tert-OH is 1. The van der Waals surface area contributed by atoms with Crippen molar-refractivity contribution in [3.63, 3.8) is 0 Å². The molecule has 0 heterocycles. The minimum atomic E-state index is -1.37. The monoisotopic (exact) mass is 719 g/mol. The van der Waals surface area contributed by atoms with E-state index in [-0.39, 0.29) is 25.7 Å². The van der Waals surface area contributed by atoms with E-state index in [0.29, 0.717) is 25.1 Å². The third kappa shape index (κ3) is 18.4. The average Bonchev–Trinajstić information content (AvgIpc) is 3.04. The Morgan fingerprint density at radius 3 is 1.82 bits per heavy atom. The van der Waals surface area contributed by atoms with Gasteiger partial charge in [0.15, 0.2) is 0 Å². The lowest BCUT2D eigenvalue weighted by molar-refractivity contribution is -0.143. The summed E-state index contributed by atoms with van der Waals surface area (Å²) in [6, 6.07) is -7.30. The fourth-order valence-corrected chi connectivity index (χ4v) is 4.63. The predicted octanol–water partition coefficient (Wildman–Crippen LogP) is -4.25. The second kappa shape index (κ2) is 24.2. The zero-order valence-electron chi connectivity index (χ0n) is 28.4. The van der Waals surface area contributed by atoms with Crippen molar-refractivity contribution in [1.82, 2.24) is 31.9 Å². The van der Waals surface area contributed by atoms with Crippen LogP contribution in [0.2, 0.25) is 0 Å². The first-order chi connectivity index (χ1) is 23.0. The molecule has 7 amide bonds. The summed E-state index contributed by atoms with van der Waals surface area (Å²) in [5.41, 5.74) is 16.3. The number of rotatable bonds is 25. The molecule has 0 aliphatic heterocycles. The molecule has 0 aliphatic carbocycles. The van der Waals surface area contributed by atoms with Crippen molar-refractivity contribution in [2.45, 2.75) is 95.5 Å². The van der Waals surface area contributed by atoms with E-state index in [0.717, 1.165) is 0 Å². The molecule has 14 N–H and O–H groups in total. The number of hydrogen-bond donors (Lipinski definition) is 11. The molecule has 0 aromatic rings. The maximum Gasteiger partial charge on any atom is 0.326 e. The van der Waals surface area contributed by atoms with Crippen LogP contribution in [-0.2, 0) is 38.4 Å². The highest BCUT2D eigenvalue weighted by molar-refractivity contribution is 7.98. The minimum Gasteiger partial charge on any atom is -0.480 e. The molecule has 19 nitrogen and oxygen atoms in total. The second-order valence-corrected chi connectivity index (χ2v) is 12.6. The normalized spacial score (nSPS) is 14.6. The van der Waals surface area contributed by atoms with Crippen LogP contribution in [-0.4, -0.2) is 125 Å². The fraction of sp³-hybridized carbons (Fsp3) is 0.724. The van der Waals surface area contributed by atoms with E-state index >= 15 is 0 Å². The summed E-state index contributed by atoms with van der Waals surface area (Å²) < 4.78 is 0. The van der Waals surface area contributed by atoms with Gasteiger partial charge in [-0.2, -0.15) is 11.8 Å². The number of hydrogen-bond acceptors (Lipinski definition) is 12. The number of primary amides is 1. The van der Waals surface area contributed by atoms with Crippen molar-refractivity contribution in [2.24, 2.45) is 23.1 Å². The lowest BCUT2D eigenvalue weighted by Crippen LogP contribution is -2.58. The first-order valence-corrected chi connectivity index (χ1v) is 17.2. The maximum atomic E-state index is 13.4. The number of carboxylic acid groups (broad SMARTS) is 1. The van der Waals surface area contributed by atoms with Crippen molar-refractivity contribution >= 4 is 59.1 Å². The summed E-state index contributed by atoms with van der Waals surface area (Å²) in [7, 11) is 0. The van der Waals surface area contributed by atoms with E-state index in [1.54, 1.807) is 20.1 Å². The molecule has 20 heteroatoms. The van der Waals surface area contributed by atoms with Crippen LogP contribution < -0.4 is 49.1 Å². The average molecular weight is 720 g/mol. The molecule has 6 atom stereocenters. The molecule has 49 heavy (non-hydrogen) atoms. The highest BCUT2D eigenvalue weighted by atomic mass is 32.2. The van der Waals surface area contributed by atoms with Gasteiger partial charge in [0.25, 0.3) is 0 Å². The Kier molecular flexibility index (Phi) is 22.2. The van der Waals surface area contributed by atoms with Gasteiger partial charge in [-0.15, -0.1) is 0 Å². The summed E-state index contributed by atoms with van der Waals surface area (Å²) >= 11 is 1.42. The highest BCUT2D eigenvalue weighted by Gasteiger charge is 2.31. The third-order valence-corrected chi connectivity index (χ3v) is 7.74. The zero-order valence-corrected chi connectivity index (χ0v) is 29.2. The van der Waals surface area contributed by atoms with Gasteiger partial charge >= 0.3 is 5.97 Å². The van der Waals surface area contributed by atoms with Gasteiger partial charge in [0.05, 0.1) is 13.2 Å². The van der Waals surface area contributed by atoms with Gasteiger partial charge in [-0.3, -0.25) is 33.6 Å². The van der Waals surface area contributed by atoms with Gasteiger partial charge in [0.1, 0.15) is 36.3 Å². The Labute approximate surface area is 289 Å². The quantitative estimate of drug-likeness (QED) is 0.0399. The van der Waals surface area contributed by atoms with Gasteiger partial charge < -0.3 is 59.3 Å². The van der Waals surface area contributed by atoms with Crippen LogP contribution in [0.15, 0.2) is 0 Å². The Morgan fingerprint density at radius 2 is 1.29 bits per heavy atom. The van der Waals surface area contributed by atoms with Crippen LogP contribution in [0.25, 0.3) is 0 Å². The minimum absolute atomic E-state index is 0.0826. The highest BCUT2D eigenvalue weighted by Crippen LogP contribution is 2.07. The molecule has 0 aromatic heterocycles. The number of thioether (sulfide) groups is 1. The van der Waals surface area contributed by atoms with Crippen LogP contribution >= 0.6 is 11.8 Å².